The molecule has 0 aliphatic rings. The number of hydrogen-bond acceptors (Lipinski definition) is 4. The number of Topliss-reactive ketones (excluding diaryl/α,β-unsaturated/α-hetero) is 1. The van der Waals surface area contributed by atoms with E-state index in [0.29, 0.717) is 24.7 Å². The molecule has 1 aromatic heterocycles. The number of benzene rings is 2. The Bertz CT molecular complexity index is 946. The van der Waals surface area contributed by atoms with Crippen molar-refractivity contribution >= 4 is 5.78 Å². The number of carbonyl (C=O) groups excluding carboxylic acids is 1. The zero-order valence-electron chi connectivity index (χ0n) is 16.1. The van der Waals surface area contributed by atoms with Crippen LogP contribution in [-0.2, 0) is 17.8 Å². The number of aromatic nitrogens is 1. The highest BCUT2D eigenvalue weighted by molar-refractivity contribution is 5.75. The highest BCUT2D eigenvalue weighted by Gasteiger charge is 2.06. The van der Waals surface area contributed by atoms with E-state index < -0.39 is 0 Å². The first-order valence-electron chi connectivity index (χ1n) is 9.29. The van der Waals surface area contributed by atoms with E-state index >= 15 is 0 Å². The summed E-state index contributed by atoms with van der Waals surface area (Å²) in [7, 11) is 0. The molecule has 0 fully saturated rings. The van der Waals surface area contributed by atoms with Crippen LogP contribution >= 0.6 is 0 Å². The molecule has 142 valence electrons. The first kappa shape index (κ1) is 19.4. The fraction of sp³-hybridized carbons (Fsp3) is 0.250. The van der Waals surface area contributed by atoms with E-state index in [1.807, 2.05) is 36.4 Å². The third kappa shape index (κ3) is 6.14. The standard InChI is InChI=1S/C24H23NO3/c1-18(13-19(2)26)14-22-7-5-20(6-8-22)3-4-21-9-11-23(12-10-21)27-16-24-15-25-17-28-24/h5-12,15,17-18H,13-14,16H2,1-2H3. The third-order valence-electron chi connectivity index (χ3n) is 4.24. The molecule has 3 rings (SSSR count). The summed E-state index contributed by atoms with van der Waals surface area (Å²) in [6.45, 7) is 4.10. The summed E-state index contributed by atoms with van der Waals surface area (Å²) in [4.78, 5) is 15.1. The Balaban J connectivity index is 1.54. The van der Waals surface area contributed by atoms with Crippen LogP contribution in [0.2, 0.25) is 0 Å². The molecule has 0 N–H and O–H groups in total. The van der Waals surface area contributed by atoms with E-state index in [1.54, 1.807) is 13.1 Å². The first-order valence-corrected chi connectivity index (χ1v) is 9.29. The van der Waals surface area contributed by atoms with Crippen LogP contribution in [0.25, 0.3) is 0 Å². The fourth-order valence-electron chi connectivity index (χ4n) is 2.94. The van der Waals surface area contributed by atoms with Gasteiger partial charge in [0.15, 0.2) is 12.2 Å². The minimum absolute atomic E-state index is 0.240. The van der Waals surface area contributed by atoms with Gasteiger partial charge < -0.3 is 13.9 Å². The van der Waals surface area contributed by atoms with Gasteiger partial charge in [-0.25, -0.2) is 4.98 Å². The lowest BCUT2D eigenvalue weighted by Crippen LogP contribution is -2.04. The van der Waals surface area contributed by atoms with Gasteiger partial charge >= 0.3 is 0 Å². The van der Waals surface area contributed by atoms with E-state index in [-0.39, 0.29) is 5.78 Å². The summed E-state index contributed by atoms with van der Waals surface area (Å²) in [5, 5.41) is 0. The number of hydrogen-bond donors (Lipinski definition) is 0. The Kier molecular flexibility index (Phi) is 6.64. The van der Waals surface area contributed by atoms with Crippen LogP contribution in [0.4, 0.5) is 0 Å². The van der Waals surface area contributed by atoms with Crippen molar-refractivity contribution in [3.63, 3.8) is 0 Å². The van der Waals surface area contributed by atoms with Crippen molar-refractivity contribution in [1.82, 2.24) is 4.98 Å². The van der Waals surface area contributed by atoms with Crippen molar-refractivity contribution in [3.05, 3.63) is 83.6 Å². The second-order valence-electron chi connectivity index (χ2n) is 6.94. The van der Waals surface area contributed by atoms with Crippen molar-refractivity contribution in [3.8, 4) is 17.6 Å². The number of oxazole rings is 1. The van der Waals surface area contributed by atoms with E-state index in [9.17, 15) is 4.79 Å². The van der Waals surface area contributed by atoms with Gasteiger partial charge in [0.2, 0.25) is 0 Å². The van der Waals surface area contributed by atoms with Crippen LogP contribution in [-0.4, -0.2) is 10.8 Å². The monoisotopic (exact) mass is 373 g/mol. The second kappa shape index (κ2) is 9.57. The molecular weight excluding hydrogens is 350 g/mol. The SMILES string of the molecule is CC(=O)CC(C)Cc1ccc(C#Cc2ccc(OCc3cnco3)cc2)cc1. The van der Waals surface area contributed by atoms with Crippen LogP contribution in [0, 0.1) is 17.8 Å². The molecule has 2 aromatic carbocycles. The molecule has 28 heavy (non-hydrogen) atoms. The van der Waals surface area contributed by atoms with Crippen molar-refractivity contribution in [1.29, 1.82) is 0 Å². The summed E-state index contributed by atoms with van der Waals surface area (Å²) in [5.41, 5.74) is 3.12. The molecule has 4 heteroatoms. The number of carbonyl (C=O) groups is 1. The number of ketones is 1. The maximum atomic E-state index is 11.2. The number of nitrogens with zero attached hydrogens (tertiary/aromatic N) is 1. The smallest absolute Gasteiger partial charge is 0.181 e. The van der Waals surface area contributed by atoms with Crippen molar-refractivity contribution < 1.29 is 13.9 Å². The lowest BCUT2D eigenvalue weighted by Gasteiger charge is -2.09. The molecule has 0 aliphatic carbocycles. The molecule has 0 radical (unpaired) electrons. The van der Waals surface area contributed by atoms with Crippen LogP contribution < -0.4 is 4.74 Å². The first-order chi connectivity index (χ1) is 13.6. The van der Waals surface area contributed by atoms with Crippen molar-refractivity contribution in [2.45, 2.75) is 33.3 Å². The Morgan fingerprint density at radius 2 is 1.71 bits per heavy atom. The van der Waals surface area contributed by atoms with Gasteiger partial charge in [0.1, 0.15) is 18.1 Å². The second-order valence-corrected chi connectivity index (χ2v) is 6.94. The van der Waals surface area contributed by atoms with Crippen LogP contribution in [0.15, 0.2) is 65.5 Å². The molecule has 0 amide bonds. The van der Waals surface area contributed by atoms with Gasteiger partial charge in [0.25, 0.3) is 0 Å². The lowest BCUT2D eigenvalue weighted by atomic mass is 9.96. The quantitative estimate of drug-likeness (QED) is 0.558. The predicted octanol–water partition coefficient (Wildman–Crippen LogP) is 4.81. The molecule has 0 bridgehead atoms. The molecule has 3 aromatic rings. The molecule has 1 atom stereocenters. The molecule has 1 unspecified atom stereocenters. The maximum absolute atomic E-state index is 11.2. The number of rotatable bonds is 7. The molecule has 0 spiro atoms. The van der Waals surface area contributed by atoms with Gasteiger partial charge in [-0.15, -0.1) is 0 Å². The molecule has 1 heterocycles. The predicted molar refractivity (Wildman–Crippen MR) is 108 cm³/mol. The van der Waals surface area contributed by atoms with E-state index in [2.05, 4.69) is 35.9 Å². The fourth-order valence-corrected chi connectivity index (χ4v) is 2.94. The highest BCUT2D eigenvalue weighted by Crippen LogP contribution is 2.15. The van der Waals surface area contributed by atoms with Gasteiger partial charge in [-0.3, -0.25) is 0 Å². The van der Waals surface area contributed by atoms with Crippen LogP contribution in [0.3, 0.4) is 0 Å². The summed E-state index contributed by atoms with van der Waals surface area (Å²) < 4.78 is 10.8. The summed E-state index contributed by atoms with van der Waals surface area (Å²) in [6.07, 6.45) is 4.55. The van der Waals surface area contributed by atoms with E-state index in [1.165, 1.54) is 12.0 Å². The van der Waals surface area contributed by atoms with Gasteiger partial charge in [-0.1, -0.05) is 30.9 Å². The van der Waals surface area contributed by atoms with Crippen LogP contribution in [0.1, 0.15) is 42.7 Å². The van der Waals surface area contributed by atoms with Gasteiger partial charge in [0, 0.05) is 17.5 Å². The highest BCUT2D eigenvalue weighted by atomic mass is 16.5. The largest absolute Gasteiger partial charge is 0.486 e. The van der Waals surface area contributed by atoms with Gasteiger partial charge in [0.05, 0.1) is 6.20 Å². The van der Waals surface area contributed by atoms with Gasteiger partial charge in [-0.05, 0) is 61.2 Å². The Labute approximate surface area is 165 Å². The summed E-state index contributed by atoms with van der Waals surface area (Å²) >= 11 is 0. The Hall–Kier alpha value is -3.32. The summed E-state index contributed by atoms with van der Waals surface area (Å²) in [5.74, 6) is 8.38. The number of ether oxygens (including phenoxy) is 1. The van der Waals surface area contributed by atoms with Crippen LogP contribution in [0.5, 0.6) is 5.75 Å². The lowest BCUT2D eigenvalue weighted by molar-refractivity contribution is -0.117. The summed E-state index contributed by atoms with van der Waals surface area (Å²) in [6, 6.07) is 15.9. The van der Waals surface area contributed by atoms with Crippen molar-refractivity contribution in [2.75, 3.05) is 0 Å². The molecular formula is C24H23NO3. The minimum Gasteiger partial charge on any atom is -0.486 e. The molecule has 0 saturated heterocycles. The minimum atomic E-state index is 0.240. The molecule has 0 aliphatic heterocycles. The molecule has 0 saturated carbocycles. The Morgan fingerprint density at radius 1 is 1.07 bits per heavy atom. The Morgan fingerprint density at radius 3 is 2.29 bits per heavy atom. The average Bonchev–Trinajstić information content (AvgIpc) is 3.20. The zero-order valence-corrected chi connectivity index (χ0v) is 16.1. The zero-order chi connectivity index (χ0) is 19.8. The van der Waals surface area contributed by atoms with E-state index in [4.69, 9.17) is 9.15 Å². The molecule has 4 nitrogen and oxygen atoms in total. The average molecular weight is 373 g/mol. The van der Waals surface area contributed by atoms with Gasteiger partial charge in [-0.2, -0.15) is 0 Å². The van der Waals surface area contributed by atoms with Crippen molar-refractivity contribution in [2.24, 2.45) is 5.92 Å². The normalized spacial score (nSPS) is 11.4. The maximum Gasteiger partial charge on any atom is 0.181 e. The topological polar surface area (TPSA) is 52.3 Å². The van der Waals surface area contributed by atoms with E-state index in [0.717, 1.165) is 23.3 Å². The third-order valence-corrected chi connectivity index (χ3v) is 4.24.